The lowest BCUT2D eigenvalue weighted by molar-refractivity contribution is 0.0924. The van der Waals surface area contributed by atoms with Gasteiger partial charge < -0.3 is 5.32 Å². The van der Waals surface area contributed by atoms with E-state index in [4.69, 9.17) is 4.98 Å². The Bertz CT molecular complexity index is 737. The van der Waals surface area contributed by atoms with E-state index in [2.05, 4.69) is 19.2 Å². The van der Waals surface area contributed by atoms with E-state index in [-0.39, 0.29) is 11.9 Å². The quantitative estimate of drug-likeness (QED) is 0.764. The van der Waals surface area contributed by atoms with Crippen LogP contribution < -0.4 is 5.32 Å². The third-order valence-electron chi connectivity index (χ3n) is 5.84. The maximum atomic E-state index is 13.2. The topological polar surface area (TPSA) is 46.4 Å². The lowest BCUT2D eigenvalue weighted by atomic mass is 9.98. The van der Waals surface area contributed by atoms with Crippen molar-refractivity contribution in [2.75, 3.05) is 0 Å². The van der Waals surface area contributed by atoms with Gasteiger partial charge in [-0.3, -0.25) is 9.20 Å². The van der Waals surface area contributed by atoms with Crippen LogP contribution in [0.2, 0.25) is 0 Å². The summed E-state index contributed by atoms with van der Waals surface area (Å²) in [6.07, 6.45) is 16.8. The van der Waals surface area contributed by atoms with Crippen LogP contribution in [0.25, 0.3) is 5.65 Å². The molecule has 1 aliphatic rings. The summed E-state index contributed by atoms with van der Waals surface area (Å²) in [4.78, 5) is 17.8. The van der Waals surface area contributed by atoms with Crippen LogP contribution in [-0.4, -0.2) is 21.3 Å². The van der Waals surface area contributed by atoms with Gasteiger partial charge in [0.1, 0.15) is 11.3 Å². The number of pyridine rings is 1. The molecule has 1 N–H and O–H groups in total. The van der Waals surface area contributed by atoms with E-state index in [0.29, 0.717) is 0 Å². The van der Waals surface area contributed by atoms with Crippen LogP contribution in [-0.2, 0) is 6.42 Å². The molecule has 3 rings (SSSR count). The molecule has 0 aromatic carbocycles. The Kier molecular flexibility index (Phi) is 7.31. The number of rotatable bonds is 3. The predicted octanol–water partition coefficient (Wildman–Crippen LogP) is 5.61. The molecule has 27 heavy (non-hydrogen) atoms. The van der Waals surface area contributed by atoms with E-state index in [1.54, 1.807) is 0 Å². The third kappa shape index (κ3) is 5.33. The van der Waals surface area contributed by atoms with E-state index < -0.39 is 0 Å². The summed E-state index contributed by atoms with van der Waals surface area (Å²) in [5.41, 5.74) is 3.65. The Morgan fingerprint density at radius 2 is 1.67 bits per heavy atom. The van der Waals surface area contributed by atoms with Gasteiger partial charge in [-0.1, -0.05) is 64.7 Å². The number of aryl methyl sites for hydroxylation is 2. The Morgan fingerprint density at radius 3 is 2.26 bits per heavy atom. The number of hydrogen-bond acceptors (Lipinski definition) is 2. The van der Waals surface area contributed by atoms with Crippen molar-refractivity contribution in [1.82, 2.24) is 14.7 Å². The molecular formula is C23H35N3O. The molecule has 1 aliphatic carbocycles. The lowest BCUT2D eigenvalue weighted by Gasteiger charge is -2.20. The average Bonchev–Trinajstić information content (AvgIpc) is 3.01. The highest BCUT2D eigenvalue weighted by molar-refractivity contribution is 5.95. The van der Waals surface area contributed by atoms with Gasteiger partial charge >= 0.3 is 0 Å². The molecule has 0 saturated heterocycles. The van der Waals surface area contributed by atoms with E-state index in [0.717, 1.165) is 36.3 Å². The second-order valence-electron chi connectivity index (χ2n) is 8.12. The van der Waals surface area contributed by atoms with Gasteiger partial charge in [0.05, 0.1) is 5.69 Å². The fraction of sp³-hybridized carbons (Fsp3) is 0.652. The van der Waals surface area contributed by atoms with Gasteiger partial charge in [0.15, 0.2) is 0 Å². The smallest absolute Gasteiger partial charge is 0.270 e. The molecule has 0 aliphatic heterocycles. The Morgan fingerprint density at radius 1 is 1.07 bits per heavy atom. The molecule has 0 atom stereocenters. The van der Waals surface area contributed by atoms with Crippen LogP contribution in [0.15, 0.2) is 18.3 Å². The summed E-state index contributed by atoms with van der Waals surface area (Å²) < 4.78 is 1.95. The van der Waals surface area contributed by atoms with Crippen molar-refractivity contribution in [1.29, 1.82) is 0 Å². The Hall–Kier alpha value is -1.84. The molecule has 4 heteroatoms. The van der Waals surface area contributed by atoms with Crippen molar-refractivity contribution in [2.45, 2.75) is 96.9 Å². The first-order valence-corrected chi connectivity index (χ1v) is 11.0. The summed E-state index contributed by atoms with van der Waals surface area (Å²) in [7, 11) is 0. The number of carbonyl (C=O) groups is 1. The van der Waals surface area contributed by atoms with Gasteiger partial charge in [0, 0.05) is 12.2 Å². The molecule has 0 unspecified atom stereocenters. The van der Waals surface area contributed by atoms with Crippen LogP contribution >= 0.6 is 0 Å². The summed E-state index contributed by atoms with van der Waals surface area (Å²) >= 11 is 0. The second kappa shape index (κ2) is 9.91. The van der Waals surface area contributed by atoms with Crippen molar-refractivity contribution < 1.29 is 4.79 Å². The Labute approximate surface area is 163 Å². The van der Waals surface area contributed by atoms with Crippen molar-refractivity contribution in [3.8, 4) is 0 Å². The number of nitrogens with one attached hydrogen (secondary N) is 1. The fourth-order valence-corrected chi connectivity index (χ4v) is 4.24. The van der Waals surface area contributed by atoms with Crippen molar-refractivity contribution in [3.05, 3.63) is 35.3 Å². The van der Waals surface area contributed by atoms with Crippen LogP contribution in [0.1, 0.15) is 99.3 Å². The normalized spacial score (nSPS) is 18.0. The molecule has 0 bridgehead atoms. The zero-order chi connectivity index (χ0) is 19.1. The maximum Gasteiger partial charge on any atom is 0.270 e. The molecule has 0 radical (unpaired) electrons. The van der Waals surface area contributed by atoms with Gasteiger partial charge in [-0.15, -0.1) is 0 Å². The van der Waals surface area contributed by atoms with Gasteiger partial charge in [0.25, 0.3) is 5.91 Å². The number of amides is 1. The molecule has 2 heterocycles. The number of hydrogen-bond donors (Lipinski definition) is 1. The lowest BCUT2D eigenvalue weighted by Crippen LogP contribution is -2.36. The summed E-state index contributed by atoms with van der Waals surface area (Å²) in [6, 6.07) is 4.38. The third-order valence-corrected chi connectivity index (χ3v) is 5.84. The molecule has 0 spiro atoms. The molecule has 2 aromatic heterocycles. The number of nitrogens with zero attached hydrogens (tertiary/aromatic N) is 2. The zero-order valence-electron chi connectivity index (χ0n) is 17.1. The summed E-state index contributed by atoms with van der Waals surface area (Å²) in [5.74, 6) is 0.0419. The highest BCUT2D eigenvalue weighted by Gasteiger charge is 2.21. The zero-order valence-corrected chi connectivity index (χ0v) is 17.1. The molecule has 1 amide bonds. The minimum atomic E-state index is 0.0419. The molecule has 2 aromatic rings. The highest BCUT2D eigenvalue weighted by Crippen LogP contribution is 2.19. The van der Waals surface area contributed by atoms with Crippen LogP contribution in [0.4, 0.5) is 0 Å². The molecule has 148 valence electrons. The number of fused-ring (bicyclic) bond motifs is 1. The van der Waals surface area contributed by atoms with Crippen LogP contribution in [0, 0.1) is 6.92 Å². The van der Waals surface area contributed by atoms with Gasteiger partial charge in [0.2, 0.25) is 0 Å². The fourth-order valence-electron chi connectivity index (χ4n) is 4.24. The largest absolute Gasteiger partial charge is 0.348 e. The maximum absolute atomic E-state index is 13.2. The van der Waals surface area contributed by atoms with E-state index in [1.807, 2.05) is 22.7 Å². The van der Waals surface area contributed by atoms with Gasteiger partial charge in [-0.25, -0.2) is 4.98 Å². The molecular weight excluding hydrogens is 334 g/mol. The van der Waals surface area contributed by atoms with E-state index in [1.165, 1.54) is 63.4 Å². The standard InChI is InChI=1S/C23H35N3O/c1-3-20-22(26-16-15-18(2)17-21(26)25-20)23(27)24-19-13-11-9-7-5-4-6-8-10-12-14-19/h15-17,19H,3-14H2,1-2H3,(H,24,27). The molecule has 1 fully saturated rings. The first-order valence-electron chi connectivity index (χ1n) is 11.0. The van der Waals surface area contributed by atoms with Crippen molar-refractivity contribution in [3.63, 3.8) is 0 Å². The minimum Gasteiger partial charge on any atom is -0.348 e. The first-order chi connectivity index (χ1) is 13.2. The average molecular weight is 370 g/mol. The van der Waals surface area contributed by atoms with Gasteiger partial charge in [-0.2, -0.15) is 0 Å². The van der Waals surface area contributed by atoms with E-state index in [9.17, 15) is 4.79 Å². The first kappa shape index (κ1) is 19.9. The highest BCUT2D eigenvalue weighted by atomic mass is 16.2. The van der Waals surface area contributed by atoms with Crippen LogP contribution in [0.5, 0.6) is 0 Å². The summed E-state index contributed by atoms with van der Waals surface area (Å²) in [6.45, 7) is 4.13. The number of imidazole rings is 1. The van der Waals surface area contributed by atoms with E-state index >= 15 is 0 Å². The SMILES string of the molecule is CCc1nc2cc(C)ccn2c1C(=O)NC1CCCCCCCCCCC1. The number of carbonyl (C=O) groups excluding carboxylic acids is 1. The van der Waals surface area contributed by atoms with Gasteiger partial charge in [-0.05, 0) is 43.9 Å². The molecule has 1 saturated carbocycles. The Balaban J connectivity index is 1.73. The number of aromatic nitrogens is 2. The summed E-state index contributed by atoms with van der Waals surface area (Å²) in [5, 5.41) is 3.35. The minimum absolute atomic E-state index is 0.0419. The van der Waals surface area contributed by atoms with Crippen LogP contribution in [0.3, 0.4) is 0 Å². The monoisotopic (exact) mass is 369 g/mol. The molecule has 4 nitrogen and oxygen atoms in total. The predicted molar refractivity (Wildman–Crippen MR) is 111 cm³/mol. The van der Waals surface area contributed by atoms with Crippen molar-refractivity contribution in [2.24, 2.45) is 0 Å². The van der Waals surface area contributed by atoms with Crippen molar-refractivity contribution >= 4 is 11.6 Å². The second-order valence-corrected chi connectivity index (χ2v) is 8.12.